The first-order chi connectivity index (χ1) is 9.75. The highest BCUT2D eigenvalue weighted by Gasteiger charge is 2.65. The summed E-state index contributed by atoms with van der Waals surface area (Å²) in [7, 11) is 4.13. The standard InChI is InChI=1S/C18H27NO2/c1-17(2)10-13(11-19(3)4)18(21,16-9-15(16)17)12-6-5-7-14(20)8-12/h5-8,13,15-16,20-21H,9-11H2,1-4H3/t13-,15?,16+,18+/m1/s1. The van der Waals surface area contributed by atoms with Crippen molar-refractivity contribution in [2.45, 2.75) is 32.3 Å². The van der Waals surface area contributed by atoms with E-state index in [1.54, 1.807) is 12.1 Å². The average molecular weight is 289 g/mol. The predicted molar refractivity (Wildman–Crippen MR) is 84.0 cm³/mol. The zero-order valence-corrected chi connectivity index (χ0v) is 13.5. The van der Waals surface area contributed by atoms with Crippen LogP contribution in [-0.2, 0) is 5.60 Å². The van der Waals surface area contributed by atoms with E-state index in [0.29, 0.717) is 17.3 Å². The third kappa shape index (κ3) is 2.36. The zero-order valence-electron chi connectivity index (χ0n) is 13.5. The first-order valence-corrected chi connectivity index (χ1v) is 7.92. The maximum Gasteiger partial charge on any atom is 0.115 e. The van der Waals surface area contributed by atoms with E-state index >= 15 is 0 Å². The summed E-state index contributed by atoms with van der Waals surface area (Å²) in [6.45, 7) is 5.55. The minimum absolute atomic E-state index is 0.202. The molecular formula is C18H27NO2. The van der Waals surface area contributed by atoms with Gasteiger partial charge in [-0.2, -0.15) is 0 Å². The van der Waals surface area contributed by atoms with Gasteiger partial charge in [0, 0.05) is 12.5 Å². The van der Waals surface area contributed by atoms with E-state index in [2.05, 4.69) is 32.8 Å². The lowest BCUT2D eigenvalue weighted by atomic mass is 9.62. The molecule has 0 bridgehead atoms. The third-order valence-corrected chi connectivity index (χ3v) is 5.65. The SMILES string of the molecule is CN(C)C[C@H]1CC(C)(C)C2C[C@@H]2[C@]1(O)c1cccc(O)c1. The molecular weight excluding hydrogens is 262 g/mol. The second-order valence-electron chi connectivity index (χ2n) is 7.98. The van der Waals surface area contributed by atoms with Crippen LogP contribution in [0.3, 0.4) is 0 Å². The Morgan fingerprint density at radius 3 is 2.57 bits per heavy atom. The first kappa shape index (κ1) is 14.9. The highest BCUT2D eigenvalue weighted by atomic mass is 16.3. The van der Waals surface area contributed by atoms with Gasteiger partial charge in [0.25, 0.3) is 0 Å². The number of hydrogen-bond acceptors (Lipinski definition) is 3. The average Bonchev–Trinajstić information content (AvgIpc) is 3.16. The van der Waals surface area contributed by atoms with E-state index in [9.17, 15) is 10.2 Å². The smallest absolute Gasteiger partial charge is 0.115 e. The van der Waals surface area contributed by atoms with E-state index < -0.39 is 5.60 Å². The van der Waals surface area contributed by atoms with Gasteiger partial charge in [-0.15, -0.1) is 0 Å². The van der Waals surface area contributed by atoms with Gasteiger partial charge >= 0.3 is 0 Å². The molecule has 1 aromatic rings. The molecule has 0 aromatic heterocycles. The van der Waals surface area contributed by atoms with Crippen LogP contribution >= 0.6 is 0 Å². The highest BCUT2D eigenvalue weighted by molar-refractivity contribution is 5.35. The van der Waals surface area contributed by atoms with Crippen molar-refractivity contribution in [3.63, 3.8) is 0 Å². The number of aromatic hydroxyl groups is 1. The summed E-state index contributed by atoms with van der Waals surface area (Å²) in [6.07, 6.45) is 2.13. The van der Waals surface area contributed by atoms with Crippen LogP contribution in [0.1, 0.15) is 32.3 Å². The molecule has 0 radical (unpaired) electrons. The molecule has 0 saturated heterocycles. The molecule has 21 heavy (non-hydrogen) atoms. The fourth-order valence-corrected chi connectivity index (χ4v) is 4.64. The number of fused-ring (bicyclic) bond motifs is 1. The second kappa shape index (κ2) is 4.72. The van der Waals surface area contributed by atoms with Crippen LogP contribution in [0.5, 0.6) is 5.75 Å². The van der Waals surface area contributed by atoms with Crippen LogP contribution in [0, 0.1) is 23.2 Å². The Labute approximate surface area is 127 Å². The van der Waals surface area contributed by atoms with E-state index in [-0.39, 0.29) is 11.7 Å². The number of rotatable bonds is 3. The molecule has 3 nitrogen and oxygen atoms in total. The van der Waals surface area contributed by atoms with Crippen molar-refractivity contribution >= 4 is 0 Å². The molecule has 2 saturated carbocycles. The molecule has 3 heteroatoms. The van der Waals surface area contributed by atoms with Crippen molar-refractivity contribution in [2.75, 3.05) is 20.6 Å². The van der Waals surface area contributed by atoms with Gasteiger partial charge in [0.1, 0.15) is 5.75 Å². The Hall–Kier alpha value is -1.06. The van der Waals surface area contributed by atoms with Gasteiger partial charge in [-0.25, -0.2) is 0 Å². The lowest BCUT2D eigenvalue weighted by Crippen LogP contribution is -2.49. The Bertz CT molecular complexity index is 540. The lowest BCUT2D eigenvalue weighted by Gasteiger charge is -2.47. The zero-order chi connectivity index (χ0) is 15.4. The largest absolute Gasteiger partial charge is 0.508 e. The molecule has 2 aliphatic rings. The molecule has 0 amide bonds. The van der Waals surface area contributed by atoms with Gasteiger partial charge in [-0.3, -0.25) is 0 Å². The molecule has 2 aliphatic carbocycles. The topological polar surface area (TPSA) is 43.7 Å². The Kier molecular flexibility index (Phi) is 3.34. The van der Waals surface area contributed by atoms with Gasteiger partial charge < -0.3 is 15.1 Å². The predicted octanol–water partition coefficient (Wildman–Crippen LogP) is 2.82. The van der Waals surface area contributed by atoms with Crippen LogP contribution in [0.2, 0.25) is 0 Å². The van der Waals surface area contributed by atoms with Gasteiger partial charge in [-0.1, -0.05) is 26.0 Å². The van der Waals surface area contributed by atoms with Crippen molar-refractivity contribution in [3.05, 3.63) is 29.8 Å². The second-order valence-corrected chi connectivity index (χ2v) is 7.98. The fourth-order valence-electron chi connectivity index (χ4n) is 4.64. The van der Waals surface area contributed by atoms with Crippen molar-refractivity contribution in [1.29, 1.82) is 0 Å². The van der Waals surface area contributed by atoms with Crippen LogP contribution < -0.4 is 0 Å². The normalized spacial score (nSPS) is 37.3. The number of benzene rings is 1. The Morgan fingerprint density at radius 2 is 1.95 bits per heavy atom. The number of phenols is 1. The van der Waals surface area contributed by atoms with Crippen molar-refractivity contribution in [3.8, 4) is 5.75 Å². The summed E-state index contributed by atoms with van der Waals surface area (Å²) < 4.78 is 0. The summed E-state index contributed by atoms with van der Waals surface area (Å²) in [5.41, 5.74) is 0.384. The summed E-state index contributed by atoms with van der Waals surface area (Å²) in [5.74, 6) is 1.37. The summed E-state index contributed by atoms with van der Waals surface area (Å²) in [5, 5.41) is 21.4. The third-order valence-electron chi connectivity index (χ3n) is 5.65. The summed E-state index contributed by atoms with van der Waals surface area (Å²) >= 11 is 0. The molecule has 1 unspecified atom stereocenters. The molecule has 0 aliphatic heterocycles. The lowest BCUT2D eigenvalue weighted by molar-refractivity contribution is -0.101. The molecule has 4 atom stereocenters. The Balaban J connectivity index is 2.01. The molecule has 0 heterocycles. The Morgan fingerprint density at radius 1 is 1.24 bits per heavy atom. The molecule has 1 aromatic carbocycles. The van der Waals surface area contributed by atoms with Crippen molar-refractivity contribution in [2.24, 2.45) is 23.2 Å². The molecule has 0 spiro atoms. The number of nitrogens with zero attached hydrogens (tertiary/aromatic N) is 1. The quantitative estimate of drug-likeness (QED) is 0.899. The first-order valence-electron chi connectivity index (χ1n) is 7.92. The van der Waals surface area contributed by atoms with Crippen molar-refractivity contribution in [1.82, 2.24) is 4.90 Å². The molecule has 116 valence electrons. The summed E-state index contributed by atoms with van der Waals surface area (Å²) in [6, 6.07) is 7.23. The number of aliphatic hydroxyl groups is 1. The van der Waals surface area contributed by atoms with E-state index in [1.165, 1.54) is 0 Å². The van der Waals surface area contributed by atoms with Gasteiger partial charge in [0.05, 0.1) is 5.60 Å². The van der Waals surface area contributed by atoms with E-state index in [0.717, 1.165) is 24.9 Å². The molecule has 3 rings (SSSR count). The van der Waals surface area contributed by atoms with Gasteiger partial charge in [0.2, 0.25) is 0 Å². The van der Waals surface area contributed by atoms with Crippen LogP contribution in [0.15, 0.2) is 24.3 Å². The van der Waals surface area contributed by atoms with Gasteiger partial charge in [-0.05, 0) is 61.9 Å². The maximum atomic E-state index is 11.6. The highest BCUT2D eigenvalue weighted by Crippen LogP contribution is 2.67. The fraction of sp³-hybridized carbons (Fsp3) is 0.667. The van der Waals surface area contributed by atoms with Crippen LogP contribution in [0.4, 0.5) is 0 Å². The number of hydrogen-bond donors (Lipinski definition) is 2. The van der Waals surface area contributed by atoms with Crippen LogP contribution in [0.25, 0.3) is 0 Å². The number of phenolic OH excluding ortho intramolecular Hbond substituents is 1. The van der Waals surface area contributed by atoms with E-state index in [1.807, 2.05) is 12.1 Å². The van der Waals surface area contributed by atoms with Crippen molar-refractivity contribution < 1.29 is 10.2 Å². The van der Waals surface area contributed by atoms with E-state index in [4.69, 9.17) is 0 Å². The van der Waals surface area contributed by atoms with Gasteiger partial charge in [0.15, 0.2) is 0 Å². The maximum absolute atomic E-state index is 11.6. The minimum atomic E-state index is -0.802. The monoisotopic (exact) mass is 289 g/mol. The minimum Gasteiger partial charge on any atom is -0.508 e. The van der Waals surface area contributed by atoms with Crippen LogP contribution in [-0.4, -0.2) is 35.8 Å². The molecule has 2 N–H and O–H groups in total. The molecule has 2 fully saturated rings. The summed E-state index contributed by atoms with van der Waals surface area (Å²) in [4.78, 5) is 2.16.